The van der Waals surface area contributed by atoms with Gasteiger partial charge >= 0.3 is 0 Å². The first-order chi connectivity index (χ1) is 16.6. The molecular weight excluding hydrogens is 434 g/mol. The zero-order valence-corrected chi connectivity index (χ0v) is 20.0. The van der Waals surface area contributed by atoms with E-state index >= 15 is 0 Å². The fraction of sp³-hybridized carbons (Fsp3) is 0.542. The molecule has 0 radical (unpaired) electrons. The van der Waals surface area contributed by atoms with E-state index in [1.54, 1.807) is 13.3 Å². The number of anilines is 2. The van der Waals surface area contributed by atoms with Crippen LogP contribution in [-0.2, 0) is 17.8 Å². The summed E-state index contributed by atoms with van der Waals surface area (Å²) in [5.41, 5.74) is 9.62. The molecule has 3 aromatic rings. The number of nitrogen functional groups attached to an aromatic ring is 1. The minimum atomic E-state index is 0.0865. The molecule has 0 saturated carbocycles. The fourth-order valence-electron chi connectivity index (χ4n) is 4.43. The lowest BCUT2D eigenvalue weighted by atomic mass is 10.1. The second kappa shape index (κ2) is 11.5. The number of aliphatic hydroxyl groups excluding tert-OH is 1. The SMILES string of the molecule is CCC[C@@H](CCO)Nc1nc(N)nc2cnn(Cc3ccc(CN4CCCOC4)cc3OC)c12. The van der Waals surface area contributed by atoms with Crippen molar-refractivity contribution >= 4 is 22.8 Å². The fourth-order valence-corrected chi connectivity index (χ4v) is 4.43. The van der Waals surface area contributed by atoms with E-state index in [1.165, 1.54) is 5.56 Å². The van der Waals surface area contributed by atoms with Crippen LogP contribution in [0.15, 0.2) is 24.4 Å². The summed E-state index contributed by atoms with van der Waals surface area (Å²) in [6.07, 6.45) is 5.30. The van der Waals surface area contributed by atoms with Gasteiger partial charge in [-0.3, -0.25) is 9.58 Å². The average molecular weight is 470 g/mol. The van der Waals surface area contributed by atoms with Crippen LogP contribution in [0.25, 0.3) is 11.0 Å². The minimum absolute atomic E-state index is 0.0865. The summed E-state index contributed by atoms with van der Waals surface area (Å²) in [7, 11) is 1.69. The summed E-state index contributed by atoms with van der Waals surface area (Å²) >= 11 is 0. The number of aromatic nitrogens is 4. The van der Waals surface area contributed by atoms with Crippen LogP contribution in [0.4, 0.5) is 11.8 Å². The maximum atomic E-state index is 9.46. The van der Waals surface area contributed by atoms with Crippen LogP contribution in [0.5, 0.6) is 5.75 Å². The van der Waals surface area contributed by atoms with Gasteiger partial charge in [-0.05, 0) is 30.9 Å². The van der Waals surface area contributed by atoms with Crippen molar-refractivity contribution in [2.24, 2.45) is 0 Å². The van der Waals surface area contributed by atoms with Crippen molar-refractivity contribution in [2.45, 2.75) is 51.7 Å². The van der Waals surface area contributed by atoms with Gasteiger partial charge in [0.15, 0.2) is 5.82 Å². The van der Waals surface area contributed by atoms with Gasteiger partial charge in [-0.2, -0.15) is 10.1 Å². The molecule has 10 heteroatoms. The molecule has 10 nitrogen and oxygen atoms in total. The number of rotatable bonds is 11. The van der Waals surface area contributed by atoms with Crippen molar-refractivity contribution in [2.75, 3.05) is 44.6 Å². The smallest absolute Gasteiger partial charge is 0.222 e. The van der Waals surface area contributed by atoms with Gasteiger partial charge in [-0.1, -0.05) is 25.5 Å². The van der Waals surface area contributed by atoms with E-state index in [2.05, 4.69) is 50.4 Å². The molecule has 1 aliphatic heterocycles. The van der Waals surface area contributed by atoms with Gasteiger partial charge in [0.25, 0.3) is 0 Å². The summed E-state index contributed by atoms with van der Waals surface area (Å²) in [6, 6.07) is 6.39. The first-order valence-corrected chi connectivity index (χ1v) is 11.9. The number of hydrogen-bond donors (Lipinski definition) is 3. The van der Waals surface area contributed by atoms with Crippen molar-refractivity contribution in [3.8, 4) is 5.75 Å². The second-order valence-corrected chi connectivity index (χ2v) is 8.70. The highest BCUT2D eigenvalue weighted by molar-refractivity contribution is 5.86. The van der Waals surface area contributed by atoms with Crippen LogP contribution in [0.1, 0.15) is 43.7 Å². The van der Waals surface area contributed by atoms with Crippen LogP contribution in [0.2, 0.25) is 0 Å². The molecule has 0 spiro atoms. The Morgan fingerprint density at radius 3 is 2.88 bits per heavy atom. The van der Waals surface area contributed by atoms with Crippen molar-refractivity contribution in [1.29, 1.82) is 0 Å². The van der Waals surface area contributed by atoms with Gasteiger partial charge in [0.1, 0.15) is 16.8 Å². The van der Waals surface area contributed by atoms with Gasteiger partial charge in [0.2, 0.25) is 5.95 Å². The zero-order chi connectivity index (χ0) is 23.9. The normalized spacial score (nSPS) is 15.5. The van der Waals surface area contributed by atoms with E-state index < -0.39 is 0 Å². The first kappa shape index (κ1) is 24.2. The Labute approximate surface area is 200 Å². The van der Waals surface area contributed by atoms with E-state index in [-0.39, 0.29) is 18.6 Å². The molecule has 2 aromatic heterocycles. The summed E-state index contributed by atoms with van der Waals surface area (Å²) < 4.78 is 13.2. The minimum Gasteiger partial charge on any atom is -0.496 e. The first-order valence-electron chi connectivity index (χ1n) is 11.9. The van der Waals surface area contributed by atoms with Gasteiger partial charge in [0, 0.05) is 37.9 Å². The zero-order valence-electron chi connectivity index (χ0n) is 20.0. The average Bonchev–Trinajstić information content (AvgIpc) is 3.23. The van der Waals surface area contributed by atoms with Crippen LogP contribution >= 0.6 is 0 Å². The molecular formula is C24H35N7O3. The molecule has 4 N–H and O–H groups in total. The lowest BCUT2D eigenvalue weighted by Gasteiger charge is -2.26. The molecule has 1 atom stereocenters. The largest absolute Gasteiger partial charge is 0.496 e. The molecule has 0 aliphatic carbocycles. The molecule has 34 heavy (non-hydrogen) atoms. The van der Waals surface area contributed by atoms with E-state index in [1.807, 2.05) is 4.68 Å². The number of ether oxygens (including phenoxy) is 2. The Morgan fingerprint density at radius 2 is 2.15 bits per heavy atom. The monoisotopic (exact) mass is 469 g/mol. The third-order valence-electron chi connectivity index (χ3n) is 6.08. The number of nitrogens with zero attached hydrogens (tertiary/aromatic N) is 5. The number of aliphatic hydroxyl groups is 1. The highest BCUT2D eigenvalue weighted by Crippen LogP contribution is 2.27. The Hall–Kier alpha value is -2.95. The Bertz CT molecular complexity index is 1080. The number of methoxy groups -OCH3 is 1. The molecule has 3 heterocycles. The van der Waals surface area contributed by atoms with Crippen molar-refractivity contribution in [3.05, 3.63) is 35.5 Å². The number of benzene rings is 1. The van der Waals surface area contributed by atoms with Gasteiger partial charge in [-0.15, -0.1) is 0 Å². The molecule has 0 unspecified atom stereocenters. The van der Waals surface area contributed by atoms with Crippen molar-refractivity contribution < 1.29 is 14.6 Å². The Balaban J connectivity index is 1.60. The summed E-state index contributed by atoms with van der Waals surface area (Å²) in [4.78, 5) is 11.1. The highest BCUT2D eigenvalue weighted by Gasteiger charge is 2.18. The Morgan fingerprint density at radius 1 is 1.26 bits per heavy atom. The molecule has 184 valence electrons. The molecule has 1 aromatic carbocycles. The summed E-state index contributed by atoms with van der Waals surface area (Å²) in [5, 5.41) is 17.5. The number of nitrogens with two attached hydrogens (primary N) is 1. The van der Waals surface area contributed by atoms with Gasteiger partial charge < -0.3 is 25.6 Å². The standard InChI is InChI=1S/C24H35N7O3/c1-3-5-19(8-10-32)27-23-22-20(28-24(25)29-23)13-26-31(22)15-18-7-6-17(12-21(18)33-2)14-30-9-4-11-34-16-30/h6-7,12-13,19,32H,3-5,8-11,14-16H2,1-2H3,(H3,25,27,28,29)/t19-/m0/s1. The molecule has 1 aliphatic rings. The lowest BCUT2D eigenvalue weighted by Crippen LogP contribution is -2.32. The molecule has 1 saturated heterocycles. The second-order valence-electron chi connectivity index (χ2n) is 8.70. The Kier molecular flexibility index (Phi) is 8.15. The third-order valence-corrected chi connectivity index (χ3v) is 6.08. The van der Waals surface area contributed by atoms with Gasteiger partial charge in [0.05, 0.1) is 26.6 Å². The van der Waals surface area contributed by atoms with E-state index in [0.717, 1.165) is 55.8 Å². The van der Waals surface area contributed by atoms with Gasteiger partial charge in [-0.25, -0.2) is 4.98 Å². The molecule has 4 rings (SSSR count). The maximum Gasteiger partial charge on any atom is 0.222 e. The molecule has 0 amide bonds. The van der Waals surface area contributed by atoms with Crippen LogP contribution < -0.4 is 15.8 Å². The predicted octanol–water partition coefficient (Wildman–Crippen LogP) is 2.61. The topological polar surface area (TPSA) is 124 Å². The highest BCUT2D eigenvalue weighted by atomic mass is 16.5. The van der Waals surface area contributed by atoms with E-state index in [4.69, 9.17) is 15.2 Å². The van der Waals surface area contributed by atoms with Crippen LogP contribution in [0, 0.1) is 0 Å². The number of hydrogen-bond acceptors (Lipinski definition) is 9. The molecule has 1 fully saturated rings. The summed E-state index contributed by atoms with van der Waals surface area (Å²) in [5.74, 6) is 1.64. The predicted molar refractivity (Wildman–Crippen MR) is 132 cm³/mol. The summed E-state index contributed by atoms with van der Waals surface area (Å²) in [6.45, 7) is 6.09. The van der Waals surface area contributed by atoms with Crippen molar-refractivity contribution in [3.63, 3.8) is 0 Å². The van der Waals surface area contributed by atoms with E-state index in [9.17, 15) is 5.11 Å². The quantitative estimate of drug-likeness (QED) is 0.389. The number of fused-ring (bicyclic) bond motifs is 1. The van der Waals surface area contributed by atoms with Crippen LogP contribution in [-0.4, -0.2) is 69.4 Å². The van der Waals surface area contributed by atoms with Crippen LogP contribution in [0.3, 0.4) is 0 Å². The maximum absolute atomic E-state index is 9.46. The van der Waals surface area contributed by atoms with E-state index in [0.29, 0.717) is 31.0 Å². The third kappa shape index (κ3) is 5.75. The number of nitrogens with one attached hydrogen (secondary N) is 1. The van der Waals surface area contributed by atoms with Crippen molar-refractivity contribution in [1.82, 2.24) is 24.6 Å². The lowest BCUT2D eigenvalue weighted by molar-refractivity contribution is -0.0177. The molecule has 0 bridgehead atoms.